The first kappa shape index (κ1) is 20.5. The van der Waals surface area contributed by atoms with Crippen molar-refractivity contribution in [1.82, 2.24) is 15.0 Å². The Labute approximate surface area is 192 Å². The van der Waals surface area contributed by atoms with Crippen molar-refractivity contribution in [3.8, 4) is 11.5 Å². The molecule has 0 saturated heterocycles. The summed E-state index contributed by atoms with van der Waals surface area (Å²) in [7, 11) is 1.91. The van der Waals surface area contributed by atoms with Gasteiger partial charge in [0.25, 0.3) is 0 Å². The van der Waals surface area contributed by atoms with Crippen LogP contribution < -0.4 is 9.47 Å². The number of H-pyrrole nitrogens is 1. The van der Waals surface area contributed by atoms with Crippen LogP contribution >= 0.6 is 0 Å². The number of aromatic nitrogens is 3. The molecule has 1 aromatic carbocycles. The topological polar surface area (TPSA) is 77.1 Å². The molecule has 2 heterocycles. The number of hydrogen-bond donors (Lipinski definition) is 1. The number of pyridine rings is 1. The van der Waals surface area contributed by atoms with Crippen LogP contribution in [0.3, 0.4) is 0 Å². The van der Waals surface area contributed by atoms with Crippen molar-refractivity contribution >= 4 is 70.7 Å². The van der Waals surface area contributed by atoms with Crippen LogP contribution in [-0.2, 0) is 16.6 Å². The predicted octanol–water partition coefficient (Wildman–Crippen LogP) is 2.74. The van der Waals surface area contributed by atoms with Gasteiger partial charge in [0, 0.05) is 23.4 Å². The molecule has 8 heteroatoms. The third-order valence-corrected chi connectivity index (χ3v) is 5.06. The molecule has 0 aliphatic carbocycles. The minimum Gasteiger partial charge on any atom is -1.00 e. The quantitative estimate of drug-likeness (QED) is 0.564. The van der Waals surface area contributed by atoms with Crippen molar-refractivity contribution in [3.63, 3.8) is 0 Å². The molecule has 3 aromatic rings. The van der Waals surface area contributed by atoms with Crippen LogP contribution in [0.15, 0.2) is 29.6 Å². The van der Waals surface area contributed by atoms with Gasteiger partial charge in [0.05, 0.1) is 47.5 Å². The van der Waals surface area contributed by atoms with Gasteiger partial charge in [-0.25, -0.2) is 4.98 Å². The number of aryl methyl sites for hydroxylation is 1. The normalized spacial score (nSPS) is 11.8. The van der Waals surface area contributed by atoms with Gasteiger partial charge in [-0.2, -0.15) is 0 Å². The molecule has 25 heavy (non-hydrogen) atoms. The second-order valence-electron chi connectivity index (χ2n) is 5.46. The van der Waals surface area contributed by atoms with Crippen LogP contribution in [0.2, 0.25) is 0 Å². The maximum atomic E-state index is 12.7. The largest absolute Gasteiger partial charge is 2.00 e. The average molecular weight is 485 g/mol. The van der Waals surface area contributed by atoms with Crippen LogP contribution in [-0.4, -0.2) is 82.3 Å². The molecule has 2 aromatic heterocycles. The van der Waals surface area contributed by atoms with Gasteiger partial charge in [-0.05, 0) is 26.0 Å². The van der Waals surface area contributed by atoms with E-state index in [1.54, 1.807) is 20.4 Å². The monoisotopic (exact) mass is 485 g/mol. The van der Waals surface area contributed by atoms with Crippen molar-refractivity contribution in [1.29, 1.82) is 0 Å². The predicted molar refractivity (Wildman–Crippen MR) is 101 cm³/mol. The number of nitrogens with zero attached hydrogens (tertiary/aromatic N) is 2. The Morgan fingerprint density at radius 1 is 1.24 bits per heavy atom. The van der Waals surface area contributed by atoms with Crippen LogP contribution in [0.1, 0.15) is 19.7 Å². The Balaban J connectivity index is 0.00000225. The van der Waals surface area contributed by atoms with Crippen LogP contribution in [0.5, 0.6) is 11.5 Å². The second kappa shape index (κ2) is 8.70. The molecule has 0 bridgehead atoms. The van der Waals surface area contributed by atoms with Crippen molar-refractivity contribution in [2.24, 2.45) is 0 Å². The number of ether oxygens (including phenoxy) is 2. The zero-order valence-corrected chi connectivity index (χ0v) is 20.0. The Bertz CT molecular complexity index is 937. The summed E-state index contributed by atoms with van der Waals surface area (Å²) in [5.74, 6) is 1.79. The first-order chi connectivity index (χ1) is 11.5. The fourth-order valence-corrected chi connectivity index (χ4v) is 3.71. The SMILES string of the molecule is COc1ccc2nc([S@](=O)Cc3ncc(C)c(OC)c3C)[nH]c2c1.[Ba+2].[H-].[H-]. The summed E-state index contributed by atoms with van der Waals surface area (Å²) in [5.41, 5.74) is 4.16. The van der Waals surface area contributed by atoms with Gasteiger partial charge >= 0.3 is 48.9 Å². The molecule has 0 fully saturated rings. The molecule has 0 aliphatic heterocycles. The van der Waals surface area contributed by atoms with E-state index in [2.05, 4.69) is 15.0 Å². The van der Waals surface area contributed by atoms with Crippen molar-refractivity contribution < 1.29 is 16.5 Å². The van der Waals surface area contributed by atoms with Crippen LogP contribution in [0, 0.1) is 13.8 Å². The van der Waals surface area contributed by atoms with E-state index >= 15 is 0 Å². The molecule has 1 N–H and O–H groups in total. The fraction of sp³-hybridized carbons (Fsp3) is 0.294. The van der Waals surface area contributed by atoms with E-state index in [0.717, 1.165) is 39.4 Å². The minimum absolute atomic E-state index is 0. The maximum Gasteiger partial charge on any atom is 2.00 e. The summed E-state index contributed by atoms with van der Waals surface area (Å²) in [6.07, 6.45) is 1.74. The zero-order chi connectivity index (χ0) is 17.3. The molecule has 1 atom stereocenters. The number of nitrogens with one attached hydrogen (secondary N) is 1. The van der Waals surface area contributed by atoms with Crippen molar-refractivity contribution in [2.45, 2.75) is 24.8 Å². The van der Waals surface area contributed by atoms with Gasteiger partial charge < -0.3 is 17.3 Å². The standard InChI is InChI=1S/C17H19N3O3S.Ba.2H/c1-10-8-18-15(11(2)16(10)23-4)9-24(21)17-19-13-6-5-12(22-3)7-14(13)20-17;;;/h5-8H,9H2,1-4H3,(H,19,20);;;/q;+2;2*-1/t24-;;;/m1.../s1. The number of fused-ring (bicyclic) bond motifs is 1. The van der Waals surface area contributed by atoms with E-state index in [1.165, 1.54) is 0 Å². The number of benzene rings is 1. The van der Waals surface area contributed by atoms with Gasteiger partial charge in [0.15, 0.2) is 5.16 Å². The third-order valence-electron chi connectivity index (χ3n) is 3.90. The summed E-state index contributed by atoms with van der Waals surface area (Å²) in [6.45, 7) is 3.86. The molecule has 0 radical (unpaired) electrons. The van der Waals surface area contributed by atoms with Crippen molar-refractivity contribution in [3.05, 3.63) is 41.2 Å². The Kier molecular flexibility index (Phi) is 7.12. The molecule has 0 aliphatic rings. The summed E-state index contributed by atoms with van der Waals surface area (Å²) >= 11 is 0. The first-order valence-electron chi connectivity index (χ1n) is 7.44. The Morgan fingerprint density at radius 3 is 2.68 bits per heavy atom. The van der Waals surface area contributed by atoms with Crippen molar-refractivity contribution in [2.75, 3.05) is 14.2 Å². The van der Waals surface area contributed by atoms with E-state index in [1.807, 2.05) is 32.0 Å². The molecule has 6 nitrogen and oxygen atoms in total. The zero-order valence-electron chi connectivity index (χ0n) is 16.8. The number of methoxy groups -OCH3 is 2. The molecule has 3 rings (SSSR count). The van der Waals surface area contributed by atoms with E-state index in [4.69, 9.17) is 9.47 Å². The van der Waals surface area contributed by atoms with Crippen LogP contribution in [0.25, 0.3) is 11.0 Å². The van der Waals surface area contributed by atoms with Gasteiger partial charge in [-0.3, -0.25) is 9.19 Å². The van der Waals surface area contributed by atoms with Gasteiger partial charge in [0.1, 0.15) is 11.5 Å². The van der Waals surface area contributed by atoms with Gasteiger partial charge in [-0.15, -0.1) is 0 Å². The van der Waals surface area contributed by atoms with E-state index in [-0.39, 0.29) is 57.5 Å². The summed E-state index contributed by atoms with van der Waals surface area (Å²) in [6, 6.07) is 5.50. The van der Waals surface area contributed by atoms with E-state index in [0.29, 0.717) is 5.16 Å². The number of hydrogen-bond acceptors (Lipinski definition) is 5. The first-order valence-corrected chi connectivity index (χ1v) is 8.76. The smallest absolute Gasteiger partial charge is 1.00 e. The minimum atomic E-state index is -1.33. The molecule has 0 unspecified atom stereocenters. The third kappa shape index (κ3) is 4.29. The van der Waals surface area contributed by atoms with Crippen LogP contribution in [0.4, 0.5) is 0 Å². The van der Waals surface area contributed by atoms with Gasteiger partial charge in [-0.1, -0.05) is 0 Å². The Hall–Kier alpha value is -0.839. The molecule has 0 spiro atoms. The Morgan fingerprint density at radius 2 is 2.00 bits per heavy atom. The second-order valence-corrected chi connectivity index (χ2v) is 6.83. The molecule has 130 valence electrons. The average Bonchev–Trinajstić information content (AvgIpc) is 3.01. The molecule has 0 amide bonds. The summed E-state index contributed by atoms with van der Waals surface area (Å²) in [5, 5.41) is 0.430. The number of imidazole rings is 1. The number of rotatable bonds is 5. The summed E-state index contributed by atoms with van der Waals surface area (Å²) in [4.78, 5) is 11.9. The summed E-state index contributed by atoms with van der Waals surface area (Å²) < 4.78 is 23.3. The maximum absolute atomic E-state index is 12.7. The number of aromatic amines is 1. The van der Waals surface area contributed by atoms with E-state index < -0.39 is 10.8 Å². The molecule has 0 saturated carbocycles. The molecular weight excluding hydrogens is 464 g/mol. The fourth-order valence-electron chi connectivity index (χ4n) is 2.61. The van der Waals surface area contributed by atoms with Gasteiger partial charge in [0.2, 0.25) is 0 Å². The van der Waals surface area contributed by atoms with E-state index in [9.17, 15) is 4.21 Å². The molecular formula is C17H21BaN3O3S.